The summed E-state index contributed by atoms with van der Waals surface area (Å²) in [7, 11) is -2.45. The molecule has 7 nitrogen and oxygen atoms in total. The number of nitrogens with zero attached hydrogens (tertiary/aromatic N) is 1. The SMILES string of the molecule is C=CCNS(=O)(=O)c1cc(C(=O)N2CCC(c3c[nH]c4ccc(OC)cc34)CC2)ccc1F. The highest BCUT2D eigenvalue weighted by molar-refractivity contribution is 7.89. The molecule has 0 spiro atoms. The van der Waals surface area contributed by atoms with Crippen LogP contribution >= 0.6 is 0 Å². The number of fused-ring (bicyclic) bond motifs is 1. The molecule has 1 amide bonds. The smallest absolute Gasteiger partial charge is 0.253 e. The second-order valence-electron chi connectivity index (χ2n) is 8.01. The average Bonchev–Trinajstić information content (AvgIpc) is 3.25. The van der Waals surface area contributed by atoms with Crippen molar-refractivity contribution in [3.8, 4) is 5.75 Å². The first-order valence-electron chi connectivity index (χ1n) is 10.7. The number of rotatable bonds is 7. The van der Waals surface area contributed by atoms with E-state index in [0.29, 0.717) is 13.1 Å². The standard InChI is InChI=1S/C24H26FN3O4S/c1-3-10-27-33(30,31)23-13-17(4-6-21(23)25)24(29)28-11-8-16(9-12-28)20-15-26-22-7-5-18(32-2)14-19(20)22/h3-7,13-16,26-27H,1,8-12H2,2H3. The number of benzene rings is 2. The molecule has 0 radical (unpaired) electrons. The molecule has 0 saturated carbocycles. The van der Waals surface area contributed by atoms with Crippen molar-refractivity contribution in [1.29, 1.82) is 0 Å². The molecule has 0 unspecified atom stereocenters. The Morgan fingerprint density at radius 2 is 2.03 bits per heavy atom. The van der Waals surface area contributed by atoms with Gasteiger partial charge in [0.05, 0.1) is 7.11 Å². The van der Waals surface area contributed by atoms with Crippen molar-refractivity contribution in [2.45, 2.75) is 23.7 Å². The van der Waals surface area contributed by atoms with E-state index in [1.165, 1.54) is 17.7 Å². The normalized spacial score (nSPS) is 15.0. The van der Waals surface area contributed by atoms with Crippen LogP contribution in [0.2, 0.25) is 0 Å². The topological polar surface area (TPSA) is 91.5 Å². The van der Waals surface area contributed by atoms with Gasteiger partial charge in [0.25, 0.3) is 5.91 Å². The van der Waals surface area contributed by atoms with E-state index in [-0.39, 0.29) is 23.9 Å². The van der Waals surface area contributed by atoms with Gasteiger partial charge < -0.3 is 14.6 Å². The molecule has 174 valence electrons. The summed E-state index contributed by atoms with van der Waals surface area (Å²) in [5, 5.41) is 1.11. The molecule has 3 aromatic rings. The number of methoxy groups -OCH3 is 1. The van der Waals surface area contributed by atoms with E-state index >= 15 is 0 Å². The number of carbonyl (C=O) groups excluding carboxylic acids is 1. The third-order valence-corrected chi connectivity index (χ3v) is 7.47. The van der Waals surface area contributed by atoms with E-state index in [1.54, 1.807) is 12.0 Å². The molecule has 0 aliphatic carbocycles. The van der Waals surface area contributed by atoms with Crippen LogP contribution in [-0.4, -0.2) is 51.0 Å². The number of carbonyl (C=O) groups is 1. The summed E-state index contributed by atoms with van der Waals surface area (Å²) in [4.78, 5) is 17.5. The highest BCUT2D eigenvalue weighted by Gasteiger charge is 2.28. The summed E-state index contributed by atoms with van der Waals surface area (Å²) in [6.45, 7) is 4.46. The number of halogens is 1. The van der Waals surface area contributed by atoms with Crippen molar-refractivity contribution in [1.82, 2.24) is 14.6 Å². The summed E-state index contributed by atoms with van der Waals surface area (Å²) < 4.78 is 46.5. The van der Waals surface area contributed by atoms with Crippen molar-refractivity contribution in [2.24, 2.45) is 0 Å². The Morgan fingerprint density at radius 3 is 2.73 bits per heavy atom. The van der Waals surface area contributed by atoms with Gasteiger partial charge in [0.2, 0.25) is 10.0 Å². The summed E-state index contributed by atoms with van der Waals surface area (Å²) in [5.74, 6) is -0.145. The first kappa shape index (κ1) is 23.0. The summed E-state index contributed by atoms with van der Waals surface area (Å²) >= 11 is 0. The number of piperidine rings is 1. The molecular weight excluding hydrogens is 445 g/mol. The molecule has 33 heavy (non-hydrogen) atoms. The monoisotopic (exact) mass is 471 g/mol. The van der Waals surface area contributed by atoms with Crippen LogP contribution in [0, 0.1) is 5.82 Å². The zero-order valence-electron chi connectivity index (χ0n) is 18.3. The van der Waals surface area contributed by atoms with E-state index < -0.39 is 20.7 Å². The Morgan fingerprint density at radius 1 is 1.27 bits per heavy atom. The fourth-order valence-electron chi connectivity index (χ4n) is 4.25. The lowest BCUT2D eigenvalue weighted by Gasteiger charge is -2.32. The van der Waals surface area contributed by atoms with Gasteiger partial charge in [0.15, 0.2) is 0 Å². The Bertz CT molecular complexity index is 1290. The molecule has 4 rings (SSSR count). The number of nitrogens with one attached hydrogen (secondary N) is 2. The van der Waals surface area contributed by atoms with Crippen LogP contribution in [0.1, 0.15) is 34.7 Å². The fraction of sp³-hybridized carbons (Fsp3) is 0.292. The lowest BCUT2D eigenvalue weighted by Crippen LogP contribution is -2.38. The van der Waals surface area contributed by atoms with Crippen LogP contribution in [0.3, 0.4) is 0 Å². The predicted octanol–water partition coefficient (Wildman–Crippen LogP) is 3.80. The van der Waals surface area contributed by atoms with E-state index in [0.717, 1.165) is 41.6 Å². The molecule has 1 aliphatic rings. The van der Waals surface area contributed by atoms with Gasteiger partial charge >= 0.3 is 0 Å². The van der Waals surface area contributed by atoms with Crippen LogP contribution in [0.4, 0.5) is 4.39 Å². The number of aromatic amines is 1. The second-order valence-corrected chi connectivity index (χ2v) is 9.74. The van der Waals surface area contributed by atoms with Gasteiger partial charge in [-0.15, -0.1) is 6.58 Å². The number of amides is 1. The summed E-state index contributed by atoms with van der Waals surface area (Å²) in [6, 6.07) is 9.35. The molecule has 2 aromatic carbocycles. The number of hydrogen-bond donors (Lipinski definition) is 2. The van der Waals surface area contributed by atoms with Gasteiger partial charge in [0, 0.05) is 42.3 Å². The van der Waals surface area contributed by atoms with Crippen molar-refractivity contribution < 1.29 is 22.3 Å². The Hall–Kier alpha value is -3.17. The maximum absolute atomic E-state index is 14.2. The number of ether oxygens (including phenoxy) is 1. The van der Waals surface area contributed by atoms with Crippen molar-refractivity contribution in [3.05, 3.63) is 72.2 Å². The molecule has 0 bridgehead atoms. The number of aromatic nitrogens is 1. The van der Waals surface area contributed by atoms with Crippen LogP contribution in [-0.2, 0) is 10.0 Å². The number of H-pyrrole nitrogens is 1. The largest absolute Gasteiger partial charge is 0.497 e. The van der Waals surface area contributed by atoms with Gasteiger partial charge in [0.1, 0.15) is 16.5 Å². The Kier molecular flexibility index (Phi) is 6.53. The van der Waals surface area contributed by atoms with E-state index in [4.69, 9.17) is 4.74 Å². The average molecular weight is 472 g/mol. The van der Waals surface area contributed by atoms with E-state index in [9.17, 15) is 17.6 Å². The van der Waals surface area contributed by atoms with Crippen LogP contribution in [0.25, 0.3) is 10.9 Å². The quantitative estimate of drug-likeness (QED) is 0.513. The minimum atomic E-state index is -4.09. The summed E-state index contributed by atoms with van der Waals surface area (Å²) in [5.41, 5.74) is 2.37. The lowest BCUT2D eigenvalue weighted by molar-refractivity contribution is 0.0713. The first-order chi connectivity index (χ1) is 15.8. The van der Waals surface area contributed by atoms with Crippen LogP contribution in [0.5, 0.6) is 5.75 Å². The highest BCUT2D eigenvalue weighted by atomic mass is 32.2. The number of sulfonamides is 1. The van der Waals surface area contributed by atoms with Gasteiger partial charge in [-0.1, -0.05) is 6.08 Å². The molecule has 1 aliphatic heterocycles. The maximum Gasteiger partial charge on any atom is 0.253 e. The van der Waals surface area contributed by atoms with Gasteiger partial charge in [-0.2, -0.15) is 0 Å². The highest BCUT2D eigenvalue weighted by Crippen LogP contribution is 2.35. The van der Waals surface area contributed by atoms with Crippen LogP contribution < -0.4 is 9.46 Å². The molecule has 1 saturated heterocycles. The third kappa shape index (κ3) is 4.65. The van der Waals surface area contributed by atoms with E-state index in [1.807, 2.05) is 24.4 Å². The minimum absolute atomic E-state index is 0.0346. The minimum Gasteiger partial charge on any atom is -0.497 e. The number of likely N-dealkylation sites (tertiary alicyclic amines) is 1. The zero-order chi connectivity index (χ0) is 23.6. The molecule has 2 heterocycles. The molecule has 1 fully saturated rings. The van der Waals surface area contributed by atoms with Gasteiger partial charge in [-0.05, 0) is 60.7 Å². The van der Waals surface area contributed by atoms with Gasteiger partial charge in [-0.25, -0.2) is 17.5 Å². The zero-order valence-corrected chi connectivity index (χ0v) is 19.1. The van der Waals surface area contributed by atoms with Gasteiger partial charge in [-0.3, -0.25) is 4.79 Å². The van der Waals surface area contributed by atoms with E-state index in [2.05, 4.69) is 16.3 Å². The Balaban J connectivity index is 1.49. The maximum atomic E-state index is 14.2. The first-order valence-corrected chi connectivity index (χ1v) is 12.2. The Labute approximate surface area is 192 Å². The molecule has 0 atom stereocenters. The fourth-order valence-corrected chi connectivity index (χ4v) is 5.35. The van der Waals surface area contributed by atoms with Crippen molar-refractivity contribution in [3.63, 3.8) is 0 Å². The molecule has 9 heteroatoms. The molecular formula is C24H26FN3O4S. The molecule has 2 N–H and O–H groups in total. The predicted molar refractivity (Wildman–Crippen MR) is 125 cm³/mol. The summed E-state index contributed by atoms with van der Waals surface area (Å²) in [6.07, 6.45) is 4.91. The molecule has 1 aromatic heterocycles. The third-order valence-electron chi connectivity index (χ3n) is 6.03. The van der Waals surface area contributed by atoms with Crippen molar-refractivity contribution >= 4 is 26.8 Å². The lowest BCUT2D eigenvalue weighted by atomic mass is 9.89. The number of hydrogen-bond acceptors (Lipinski definition) is 4. The second kappa shape index (κ2) is 9.36. The van der Waals surface area contributed by atoms with Crippen LogP contribution in [0.15, 0.2) is 60.1 Å². The van der Waals surface area contributed by atoms with Crippen molar-refractivity contribution in [2.75, 3.05) is 26.7 Å².